The lowest BCUT2D eigenvalue weighted by Gasteiger charge is -2.41. The topological polar surface area (TPSA) is 45.6 Å². The monoisotopic (exact) mass is 482 g/mol. The molecule has 3 aromatic rings. The third kappa shape index (κ3) is 6.17. The Morgan fingerprint density at radius 1 is 1.14 bits per heavy atom. The number of aliphatic hydroxyl groups excluding tert-OH is 1. The molecular formula is C29H36F2N2O2. The summed E-state index contributed by atoms with van der Waals surface area (Å²) in [6, 6.07) is 15.8. The SMILES string of the molecule is COc1ccc2ncc(CF)c(C(F)CCC3(CO)CCN(CCCc4ccccc4)CC3)c2c1. The second-order valence-electron chi connectivity index (χ2n) is 9.81. The number of hydrogen-bond acceptors (Lipinski definition) is 4. The molecule has 35 heavy (non-hydrogen) atoms. The lowest BCUT2D eigenvalue weighted by atomic mass is 9.74. The molecule has 0 amide bonds. The molecule has 6 heteroatoms. The smallest absolute Gasteiger partial charge is 0.126 e. The van der Waals surface area contributed by atoms with E-state index in [9.17, 15) is 9.50 Å². The zero-order valence-electron chi connectivity index (χ0n) is 20.6. The highest BCUT2D eigenvalue weighted by molar-refractivity contribution is 5.85. The molecule has 1 aliphatic heterocycles. The van der Waals surface area contributed by atoms with E-state index >= 15 is 4.39 Å². The van der Waals surface area contributed by atoms with Crippen LogP contribution in [0.5, 0.6) is 5.75 Å². The van der Waals surface area contributed by atoms with Gasteiger partial charge in [0.25, 0.3) is 0 Å². The van der Waals surface area contributed by atoms with Crippen LogP contribution in [-0.2, 0) is 13.1 Å². The second-order valence-corrected chi connectivity index (χ2v) is 9.81. The fourth-order valence-corrected chi connectivity index (χ4v) is 5.30. The van der Waals surface area contributed by atoms with Crippen molar-refractivity contribution in [2.75, 3.05) is 33.4 Å². The van der Waals surface area contributed by atoms with Crippen LogP contribution in [0, 0.1) is 5.41 Å². The molecule has 0 spiro atoms. The number of fused-ring (bicyclic) bond motifs is 1. The van der Waals surface area contributed by atoms with Crippen molar-refractivity contribution >= 4 is 10.9 Å². The Balaban J connectivity index is 1.36. The molecule has 0 saturated carbocycles. The number of halogens is 2. The standard InChI is InChI=1S/C29H36F2N2O2/c1-35-24-9-10-27-25(18-24)28(23(19-30)20-32-27)26(31)11-12-29(21-34)13-16-33(17-14-29)15-5-8-22-6-3-2-4-7-22/h2-4,6-7,9-10,18,20,26,34H,5,8,11-17,19,21H2,1H3. The molecule has 0 bridgehead atoms. The third-order valence-corrected chi connectivity index (χ3v) is 7.62. The van der Waals surface area contributed by atoms with E-state index in [0.717, 1.165) is 45.3 Å². The molecule has 188 valence electrons. The number of benzene rings is 2. The number of aliphatic hydroxyl groups is 1. The maximum atomic E-state index is 15.7. The summed E-state index contributed by atoms with van der Waals surface area (Å²) >= 11 is 0. The van der Waals surface area contributed by atoms with Gasteiger partial charge in [0.05, 0.1) is 12.6 Å². The van der Waals surface area contributed by atoms with Gasteiger partial charge in [0.15, 0.2) is 0 Å². The van der Waals surface area contributed by atoms with Gasteiger partial charge in [0.2, 0.25) is 0 Å². The highest BCUT2D eigenvalue weighted by atomic mass is 19.1. The number of nitrogens with zero attached hydrogens (tertiary/aromatic N) is 2. The fraction of sp³-hybridized carbons (Fsp3) is 0.483. The fourth-order valence-electron chi connectivity index (χ4n) is 5.30. The van der Waals surface area contributed by atoms with E-state index in [1.807, 2.05) is 6.07 Å². The number of alkyl halides is 2. The van der Waals surface area contributed by atoms with Crippen LogP contribution >= 0.6 is 0 Å². The third-order valence-electron chi connectivity index (χ3n) is 7.62. The predicted molar refractivity (Wildman–Crippen MR) is 136 cm³/mol. The van der Waals surface area contributed by atoms with Crippen molar-refractivity contribution in [3.05, 3.63) is 71.4 Å². The molecule has 0 aliphatic carbocycles. The highest BCUT2D eigenvalue weighted by Gasteiger charge is 2.35. The van der Waals surface area contributed by atoms with Crippen molar-refractivity contribution in [3.8, 4) is 5.75 Å². The first-order chi connectivity index (χ1) is 17.1. The molecule has 4 rings (SSSR count). The lowest BCUT2D eigenvalue weighted by Crippen LogP contribution is -2.42. The number of aromatic nitrogens is 1. The molecule has 1 fully saturated rings. The van der Waals surface area contributed by atoms with Crippen molar-refractivity contribution in [2.24, 2.45) is 5.41 Å². The summed E-state index contributed by atoms with van der Waals surface area (Å²) in [5.74, 6) is 0.593. The minimum atomic E-state index is -1.33. The molecule has 1 saturated heterocycles. The first-order valence-electron chi connectivity index (χ1n) is 12.6. The summed E-state index contributed by atoms with van der Waals surface area (Å²) in [6.07, 6.45) is 4.80. The predicted octanol–water partition coefficient (Wildman–Crippen LogP) is 6.21. The van der Waals surface area contributed by atoms with Gasteiger partial charge in [-0.3, -0.25) is 4.98 Å². The highest BCUT2D eigenvalue weighted by Crippen LogP contribution is 2.41. The number of hydrogen-bond donors (Lipinski definition) is 1. The summed E-state index contributed by atoms with van der Waals surface area (Å²) in [7, 11) is 1.55. The van der Waals surface area contributed by atoms with Gasteiger partial charge < -0.3 is 14.7 Å². The van der Waals surface area contributed by atoms with Crippen LogP contribution in [0.3, 0.4) is 0 Å². The summed E-state index contributed by atoms with van der Waals surface area (Å²) in [6.45, 7) is 2.15. The Hall–Kier alpha value is -2.57. The Bertz CT molecular complexity index is 1080. The van der Waals surface area contributed by atoms with Crippen molar-refractivity contribution in [1.29, 1.82) is 0 Å². The number of likely N-dealkylation sites (tertiary alicyclic amines) is 1. The first-order valence-corrected chi connectivity index (χ1v) is 12.6. The van der Waals surface area contributed by atoms with Gasteiger partial charge in [-0.1, -0.05) is 30.3 Å². The van der Waals surface area contributed by atoms with E-state index in [1.165, 1.54) is 11.8 Å². The van der Waals surface area contributed by atoms with Gasteiger partial charge in [-0.2, -0.15) is 0 Å². The van der Waals surface area contributed by atoms with E-state index in [1.54, 1.807) is 25.3 Å². The van der Waals surface area contributed by atoms with Crippen molar-refractivity contribution in [1.82, 2.24) is 9.88 Å². The van der Waals surface area contributed by atoms with Gasteiger partial charge in [0, 0.05) is 29.3 Å². The van der Waals surface area contributed by atoms with Crippen LogP contribution in [0.15, 0.2) is 54.7 Å². The molecule has 1 unspecified atom stereocenters. The lowest BCUT2D eigenvalue weighted by molar-refractivity contribution is 0.0299. The van der Waals surface area contributed by atoms with Crippen LogP contribution in [0.4, 0.5) is 8.78 Å². The summed E-state index contributed by atoms with van der Waals surface area (Å²) in [4.78, 5) is 6.75. The maximum absolute atomic E-state index is 15.7. The normalized spacial score (nSPS) is 16.9. The Labute approximate surface area is 206 Å². The van der Waals surface area contributed by atoms with Gasteiger partial charge in [0.1, 0.15) is 18.6 Å². The molecule has 2 heterocycles. The van der Waals surface area contributed by atoms with Gasteiger partial charge in [-0.05, 0) is 87.3 Å². The Morgan fingerprint density at radius 2 is 1.91 bits per heavy atom. The van der Waals surface area contributed by atoms with E-state index in [0.29, 0.717) is 28.6 Å². The quantitative estimate of drug-likeness (QED) is 0.353. The zero-order valence-corrected chi connectivity index (χ0v) is 20.6. The molecule has 1 N–H and O–H groups in total. The number of methoxy groups -OCH3 is 1. The minimum absolute atomic E-state index is 0.0540. The van der Waals surface area contributed by atoms with Crippen LogP contribution in [0.25, 0.3) is 10.9 Å². The van der Waals surface area contributed by atoms with Crippen LogP contribution in [-0.4, -0.2) is 48.3 Å². The van der Waals surface area contributed by atoms with Crippen molar-refractivity contribution < 1.29 is 18.6 Å². The molecule has 0 radical (unpaired) electrons. The average molecular weight is 483 g/mol. The van der Waals surface area contributed by atoms with Gasteiger partial charge in [-0.15, -0.1) is 0 Å². The largest absolute Gasteiger partial charge is 0.497 e. The Morgan fingerprint density at radius 3 is 2.60 bits per heavy atom. The molecule has 4 nitrogen and oxygen atoms in total. The second kappa shape index (κ2) is 11.9. The number of piperidine rings is 1. The molecular weight excluding hydrogens is 446 g/mol. The van der Waals surface area contributed by atoms with E-state index in [-0.39, 0.29) is 24.0 Å². The molecule has 1 atom stereocenters. The van der Waals surface area contributed by atoms with Crippen LogP contribution in [0.2, 0.25) is 0 Å². The summed E-state index contributed by atoms with van der Waals surface area (Å²) < 4.78 is 34.8. The summed E-state index contributed by atoms with van der Waals surface area (Å²) in [5.41, 5.74) is 2.35. The van der Waals surface area contributed by atoms with E-state index in [2.05, 4.69) is 34.1 Å². The molecule has 1 aliphatic rings. The number of aryl methyl sites for hydroxylation is 1. The maximum Gasteiger partial charge on any atom is 0.126 e. The van der Waals surface area contributed by atoms with Crippen molar-refractivity contribution in [2.45, 2.75) is 51.4 Å². The van der Waals surface area contributed by atoms with E-state index < -0.39 is 12.8 Å². The molecule has 1 aromatic heterocycles. The van der Waals surface area contributed by atoms with Crippen LogP contribution in [0.1, 0.15) is 55.0 Å². The first kappa shape index (κ1) is 25.5. The van der Waals surface area contributed by atoms with E-state index in [4.69, 9.17) is 4.74 Å². The number of ether oxygens (including phenoxy) is 1. The number of rotatable bonds is 11. The average Bonchev–Trinajstić information content (AvgIpc) is 2.92. The number of pyridine rings is 1. The van der Waals surface area contributed by atoms with Crippen molar-refractivity contribution in [3.63, 3.8) is 0 Å². The summed E-state index contributed by atoms with van der Waals surface area (Å²) in [5, 5.41) is 10.8. The zero-order chi connectivity index (χ0) is 24.7. The van der Waals surface area contributed by atoms with Crippen LogP contribution < -0.4 is 4.74 Å². The Kier molecular flexibility index (Phi) is 8.69. The van der Waals surface area contributed by atoms with Gasteiger partial charge >= 0.3 is 0 Å². The molecule has 2 aromatic carbocycles. The van der Waals surface area contributed by atoms with Gasteiger partial charge in [-0.25, -0.2) is 8.78 Å². The minimum Gasteiger partial charge on any atom is -0.497 e.